The maximum absolute atomic E-state index is 11.9. The lowest BCUT2D eigenvalue weighted by Gasteiger charge is -2.13. The van der Waals surface area contributed by atoms with E-state index < -0.39 is 11.8 Å². The minimum Gasteiger partial charge on any atom is -0.376 e. The van der Waals surface area contributed by atoms with Crippen LogP contribution in [0.2, 0.25) is 0 Å². The molecule has 1 aromatic carbocycles. The van der Waals surface area contributed by atoms with Crippen LogP contribution >= 0.6 is 0 Å². The van der Waals surface area contributed by atoms with Gasteiger partial charge in [0.2, 0.25) is 0 Å². The van der Waals surface area contributed by atoms with Gasteiger partial charge in [-0.3, -0.25) is 9.59 Å². The molecule has 0 radical (unpaired) electrons. The first-order valence-corrected chi connectivity index (χ1v) is 9.86. The van der Waals surface area contributed by atoms with Crippen molar-refractivity contribution in [1.29, 1.82) is 0 Å². The molecule has 2 amide bonds. The van der Waals surface area contributed by atoms with Gasteiger partial charge in [0.15, 0.2) is 0 Å². The fourth-order valence-corrected chi connectivity index (χ4v) is 3.65. The Balaban J connectivity index is 1.63. The lowest BCUT2D eigenvalue weighted by atomic mass is 10.1. The molecule has 2 heterocycles. The smallest absolute Gasteiger partial charge is 0.329 e. The molecule has 2 N–H and O–H groups in total. The molecule has 0 saturated carbocycles. The van der Waals surface area contributed by atoms with Gasteiger partial charge < -0.3 is 14.6 Å². The van der Waals surface area contributed by atoms with Gasteiger partial charge in [0.1, 0.15) is 0 Å². The van der Waals surface area contributed by atoms with E-state index in [0.717, 1.165) is 35.5 Å². The van der Waals surface area contributed by atoms with Crippen LogP contribution in [0.4, 0.5) is 0 Å². The number of aromatic nitrogens is 1. The van der Waals surface area contributed by atoms with Crippen molar-refractivity contribution in [3.05, 3.63) is 52.3 Å². The van der Waals surface area contributed by atoms with Gasteiger partial charge in [-0.05, 0) is 58.2 Å². The van der Waals surface area contributed by atoms with Gasteiger partial charge in [-0.25, -0.2) is 5.43 Å². The van der Waals surface area contributed by atoms with Crippen molar-refractivity contribution in [3.63, 3.8) is 0 Å². The Morgan fingerprint density at radius 2 is 2.00 bits per heavy atom. The molecule has 0 aliphatic carbocycles. The highest BCUT2D eigenvalue weighted by atomic mass is 16.5. The number of ether oxygens (including phenoxy) is 1. The lowest BCUT2D eigenvalue weighted by molar-refractivity contribution is -0.139. The number of nitrogens with one attached hydrogen (secondary N) is 2. The third-order valence-electron chi connectivity index (χ3n) is 5.15. The summed E-state index contributed by atoms with van der Waals surface area (Å²) in [6.45, 7) is 9.24. The van der Waals surface area contributed by atoms with E-state index in [9.17, 15) is 9.59 Å². The van der Waals surface area contributed by atoms with E-state index in [1.165, 1.54) is 11.1 Å². The molecule has 1 saturated heterocycles. The number of amides is 2. The Labute approximate surface area is 171 Å². The molecule has 1 aliphatic rings. The van der Waals surface area contributed by atoms with Gasteiger partial charge in [0, 0.05) is 35.8 Å². The molecule has 1 fully saturated rings. The van der Waals surface area contributed by atoms with E-state index in [2.05, 4.69) is 52.5 Å². The predicted octanol–water partition coefficient (Wildman–Crippen LogP) is 2.46. The second kappa shape index (κ2) is 9.05. The summed E-state index contributed by atoms with van der Waals surface area (Å²) in [5.41, 5.74) is 8.76. The molecule has 0 spiro atoms. The van der Waals surface area contributed by atoms with Crippen LogP contribution in [-0.2, 0) is 14.3 Å². The molecule has 29 heavy (non-hydrogen) atoms. The van der Waals surface area contributed by atoms with Crippen molar-refractivity contribution in [1.82, 2.24) is 15.3 Å². The summed E-state index contributed by atoms with van der Waals surface area (Å²) in [7, 11) is 0. The summed E-state index contributed by atoms with van der Waals surface area (Å²) in [4.78, 5) is 23.8. The van der Waals surface area contributed by atoms with E-state index in [0.29, 0.717) is 13.2 Å². The molecule has 1 atom stereocenters. The highest BCUT2D eigenvalue weighted by molar-refractivity contribution is 6.35. The molecule has 7 nitrogen and oxygen atoms in total. The number of nitrogens with zero attached hydrogens (tertiary/aromatic N) is 2. The number of hydrazone groups is 1. The number of carbonyl (C=O) groups is 2. The predicted molar refractivity (Wildman–Crippen MR) is 112 cm³/mol. The van der Waals surface area contributed by atoms with Crippen molar-refractivity contribution >= 4 is 18.0 Å². The standard InChI is InChI=1S/C22H28N4O3/c1-14-7-8-20(15(2)10-14)26-16(3)11-18(17(26)4)12-24-25-22(28)21(27)23-13-19-6-5-9-29-19/h7-8,10-12,19H,5-6,9,13H2,1-4H3,(H,23,27)(H,25,28)/b24-12-/t19-/m0/s1. The van der Waals surface area contributed by atoms with Crippen LogP contribution in [-0.4, -0.2) is 41.9 Å². The Kier molecular flexibility index (Phi) is 6.49. The van der Waals surface area contributed by atoms with E-state index >= 15 is 0 Å². The first-order chi connectivity index (χ1) is 13.9. The number of hydrogen-bond acceptors (Lipinski definition) is 4. The van der Waals surface area contributed by atoms with Crippen LogP contribution in [0.3, 0.4) is 0 Å². The topological polar surface area (TPSA) is 84.7 Å². The molecule has 1 aliphatic heterocycles. The normalized spacial score (nSPS) is 16.3. The van der Waals surface area contributed by atoms with E-state index in [-0.39, 0.29) is 6.10 Å². The second-order valence-electron chi connectivity index (χ2n) is 7.50. The molecular formula is C22H28N4O3. The third-order valence-corrected chi connectivity index (χ3v) is 5.15. The monoisotopic (exact) mass is 396 g/mol. The van der Waals surface area contributed by atoms with Gasteiger partial charge in [-0.1, -0.05) is 17.7 Å². The van der Waals surface area contributed by atoms with Crippen molar-refractivity contribution in [2.75, 3.05) is 13.2 Å². The highest BCUT2D eigenvalue weighted by Gasteiger charge is 2.19. The van der Waals surface area contributed by atoms with Crippen LogP contribution in [0.5, 0.6) is 0 Å². The Hall–Kier alpha value is -2.93. The van der Waals surface area contributed by atoms with Crippen molar-refractivity contribution in [2.24, 2.45) is 5.10 Å². The third kappa shape index (κ3) is 4.92. The number of aryl methyl sites for hydroxylation is 3. The van der Waals surface area contributed by atoms with E-state index in [1.54, 1.807) is 6.21 Å². The molecule has 0 bridgehead atoms. The largest absolute Gasteiger partial charge is 0.376 e. The fourth-order valence-electron chi connectivity index (χ4n) is 3.65. The molecular weight excluding hydrogens is 368 g/mol. The molecule has 3 rings (SSSR count). The molecule has 7 heteroatoms. The highest BCUT2D eigenvalue weighted by Crippen LogP contribution is 2.23. The first-order valence-electron chi connectivity index (χ1n) is 9.86. The summed E-state index contributed by atoms with van der Waals surface area (Å²) < 4.78 is 7.58. The van der Waals surface area contributed by atoms with E-state index in [4.69, 9.17) is 4.74 Å². The average molecular weight is 396 g/mol. The molecule has 1 aromatic heterocycles. The van der Waals surface area contributed by atoms with Crippen LogP contribution < -0.4 is 10.7 Å². The van der Waals surface area contributed by atoms with E-state index in [1.807, 2.05) is 19.9 Å². The second-order valence-corrected chi connectivity index (χ2v) is 7.50. The number of benzene rings is 1. The number of carbonyl (C=O) groups excluding carboxylic acids is 2. The fraction of sp³-hybridized carbons (Fsp3) is 0.409. The molecule has 154 valence electrons. The van der Waals surface area contributed by atoms with Gasteiger partial charge in [0.05, 0.1) is 12.3 Å². The lowest BCUT2D eigenvalue weighted by Crippen LogP contribution is -2.41. The summed E-state index contributed by atoms with van der Waals surface area (Å²) in [5.74, 6) is -1.50. The zero-order valence-corrected chi connectivity index (χ0v) is 17.4. The average Bonchev–Trinajstić information content (AvgIpc) is 3.29. The number of rotatable bonds is 5. The van der Waals surface area contributed by atoms with Gasteiger partial charge >= 0.3 is 11.8 Å². The maximum Gasteiger partial charge on any atom is 0.329 e. The maximum atomic E-state index is 11.9. The summed E-state index contributed by atoms with van der Waals surface area (Å²) in [6.07, 6.45) is 3.44. The van der Waals surface area contributed by atoms with Crippen LogP contribution in [0, 0.1) is 27.7 Å². The van der Waals surface area contributed by atoms with Crippen LogP contribution in [0.25, 0.3) is 5.69 Å². The van der Waals surface area contributed by atoms with Crippen molar-refractivity contribution in [2.45, 2.75) is 46.6 Å². The zero-order chi connectivity index (χ0) is 21.0. The van der Waals surface area contributed by atoms with Gasteiger partial charge in [-0.15, -0.1) is 0 Å². The van der Waals surface area contributed by atoms with Crippen LogP contribution in [0.1, 0.15) is 40.9 Å². The summed E-state index contributed by atoms with van der Waals surface area (Å²) in [6, 6.07) is 8.34. The van der Waals surface area contributed by atoms with Gasteiger partial charge in [0.25, 0.3) is 0 Å². The summed E-state index contributed by atoms with van der Waals surface area (Å²) >= 11 is 0. The quantitative estimate of drug-likeness (QED) is 0.463. The Bertz CT molecular complexity index is 940. The van der Waals surface area contributed by atoms with Crippen LogP contribution in [0.15, 0.2) is 29.4 Å². The SMILES string of the molecule is Cc1ccc(-n2c(C)cc(/C=N\NC(=O)C(=O)NC[C@@H]3CCCO3)c2C)c(C)c1. The molecule has 0 unspecified atom stereocenters. The Morgan fingerprint density at radius 1 is 1.21 bits per heavy atom. The van der Waals surface area contributed by atoms with Crippen molar-refractivity contribution in [3.8, 4) is 5.69 Å². The van der Waals surface area contributed by atoms with Gasteiger partial charge in [-0.2, -0.15) is 5.10 Å². The van der Waals surface area contributed by atoms with Crippen molar-refractivity contribution < 1.29 is 14.3 Å². The summed E-state index contributed by atoms with van der Waals surface area (Å²) in [5, 5.41) is 6.53. The minimum absolute atomic E-state index is 0.00845. The Morgan fingerprint density at radius 3 is 2.69 bits per heavy atom. The number of hydrogen-bond donors (Lipinski definition) is 2. The zero-order valence-electron chi connectivity index (χ0n) is 17.4. The first kappa shape index (κ1) is 20.8. The minimum atomic E-state index is -0.789. The molecule has 2 aromatic rings.